The normalized spacial score (nSPS) is 17.1. The maximum absolute atomic E-state index is 12.9. The summed E-state index contributed by atoms with van der Waals surface area (Å²) in [5.74, 6) is 0.675. The van der Waals surface area contributed by atoms with Gasteiger partial charge in [0.1, 0.15) is 5.82 Å². The number of carbonyl (C=O) groups is 1. The van der Waals surface area contributed by atoms with Crippen LogP contribution in [0.15, 0.2) is 24.3 Å². The predicted octanol–water partition coefficient (Wildman–Crippen LogP) is 2.41. The van der Waals surface area contributed by atoms with Gasteiger partial charge in [0, 0.05) is 25.7 Å². The lowest BCUT2D eigenvalue weighted by molar-refractivity contribution is -0.123. The predicted molar refractivity (Wildman–Crippen MR) is 101 cm³/mol. The van der Waals surface area contributed by atoms with Gasteiger partial charge in [-0.3, -0.25) is 9.69 Å². The minimum absolute atomic E-state index is 0. The molecule has 0 aliphatic carbocycles. The molecule has 0 radical (unpaired) electrons. The molecule has 3 N–H and O–H groups in total. The quantitative estimate of drug-likeness (QED) is 0.768. The van der Waals surface area contributed by atoms with Gasteiger partial charge in [-0.2, -0.15) is 11.8 Å². The van der Waals surface area contributed by atoms with Crippen molar-refractivity contribution in [3.8, 4) is 0 Å². The number of rotatable bonds is 7. The molecule has 136 valence electrons. The summed E-state index contributed by atoms with van der Waals surface area (Å²) >= 11 is 1.71. The van der Waals surface area contributed by atoms with E-state index in [1.54, 1.807) is 11.8 Å². The van der Waals surface area contributed by atoms with Crippen molar-refractivity contribution in [3.63, 3.8) is 0 Å². The molecular weight excluding hydrogens is 349 g/mol. The van der Waals surface area contributed by atoms with Crippen LogP contribution < -0.4 is 11.1 Å². The third-order valence-corrected chi connectivity index (χ3v) is 4.87. The Hall–Kier alpha value is -0.820. The largest absolute Gasteiger partial charge is 0.352 e. The molecule has 0 bridgehead atoms. The van der Waals surface area contributed by atoms with Crippen molar-refractivity contribution < 1.29 is 9.18 Å². The minimum Gasteiger partial charge on any atom is -0.352 e. The zero-order valence-corrected chi connectivity index (χ0v) is 15.7. The molecule has 1 aliphatic rings. The highest BCUT2D eigenvalue weighted by atomic mass is 35.5. The highest BCUT2D eigenvalue weighted by Crippen LogP contribution is 2.14. The highest BCUT2D eigenvalue weighted by Gasteiger charge is 2.22. The minimum atomic E-state index is -0.403. The topological polar surface area (TPSA) is 58.4 Å². The standard InChI is InChI=1S/C17H26FN3OS.ClH/c1-23-11-8-16(19)17(22)20-15-6-9-21(10-7-15)12-13-2-4-14(18)5-3-13;/h2-5,15-16H,6-12,19H2,1H3,(H,20,22);1H/t16-;/m0./s1. The first kappa shape index (κ1) is 21.2. The first-order chi connectivity index (χ1) is 11.1. The van der Waals surface area contributed by atoms with Crippen LogP contribution in [0.1, 0.15) is 24.8 Å². The smallest absolute Gasteiger partial charge is 0.237 e. The van der Waals surface area contributed by atoms with Crippen molar-refractivity contribution in [3.05, 3.63) is 35.6 Å². The molecule has 2 rings (SSSR count). The van der Waals surface area contributed by atoms with Crippen LogP contribution in [0.2, 0.25) is 0 Å². The summed E-state index contributed by atoms with van der Waals surface area (Å²) in [5.41, 5.74) is 7.01. The van der Waals surface area contributed by atoms with Crippen LogP contribution in [0.25, 0.3) is 0 Å². The number of likely N-dealkylation sites (tertiary alicyclic amines) is 1. The lowest BCUT2D eigenvalue weighted by atomic mass is 10.0. The van der Waals surface area contributed by atoms with Crippen molar-refractivity contribution in [1.82, 2.24) is 10.2 Å². The van der Waals surface area contributed by atoms with E-state index in [4.69, 9.17) is 5.73 Å². The molecule has 4 nitrogen and oxygen atoms in total. The van der Waals surface area contributed by atoms with E-state index in [9.17, 15) is 9.18 Å². The number of amides is 1. The average molecular weight is 376 g/mol. The van der Waals surface area contributed by atoms with Crippen LogP contribution in [0.4, 0.5) is 4.39 Å². The number of hydrogen-bond acceptors (Lipinski definition) is 4. The third kappa shape index (κ3) is 6.97. The lowest BCUT2D eigenvalue weighted by Crippen LogP contribution is -2.49. The first-order valence-corrected chi connectivity index (χ1v) is 9.49. The van der Waals surface area contributed by atoms with Crippen LogP contribution in [0.3, 0.4) is 0 Å². The summed E-state index contributed by atoms with van der Waals surface area (Å²) < 4.78 is 12.9. The molecule has 1 aliphatic heterocycles. The van der Waals surface area contributed by atoms with Crippen molar-refractivity contribution >= 4 is 30.1 Å². The summed E-state index contributed by atoms with van der Waals surface area (Å²) in [7, 11) is 0. The fourth-order valence-corrected chi connectivity index (χ4v) is 3.26. The van der Waals surface area contributed by atoms with Gasteiger partial charge in [-0.25, -0.2) is 4.39 Å². The monoisotopic (exact) mass is 375 g/mol. The molecule has 0 unspecified atom stereocenters. The molecule has 1 heterocycles. The van der Waals surface area contributed by atoms with Gasteiger partial charge < -0.3 is 11.1 Å². The Balaban J connectivity index is 0.00000288. The number of benzene rings is 1. The van der Waals surface area contributed by atoms with E-state index in [0.717, 1.165) is 50.2 Å². The number of thioether (sulfide) groups is 1. The molecule has 1 aromatic rings. The second-order valence-electron chi connectivity index (χ2n) is 6.07. The van der Waals surface area contributed by atoms with Gasteiger partial charge >= 0.3 is 0 Å². The second-order valence-corrected chi connectivity index (χ2v) is 7.06. The Morgan fingerprint density at radius 3 is 2.58 bits per heavy atom. The molecule has 1 amide bonds. The zero-order chi connectivity index (χ0) is 16.7. The van der Waals surface area contributed by atoms with Gasteiger partial charge in [0.2, 0.25) is 5.91 Å². The van der Waals surface area contributed by atoms with Gasteiger partial charge in [0.15, 0.2) is 0 Å². The molecule has 7 heteroatoms. The van der Waals surface area contributed by atoms with E-state index in [1.165, 1.54) is 12.1 Å². The Bertz CT molecular complexity index is 495. The van der Waals surface area contributed by atoms with Gasteiger partial charge in [-0.1, -0.05) is 12.1 Å². The Kier molecular flexibility index (Phi) is 9.66. The molecule has 1 atom stereocenters. The molecule has 0 spiro atoms. The van der Waals surface area contributed by atoms with Crippen LogP contribution >= 0.6 is 24.2 Å². The average Bonchev–Trinajstić information content (AvgIpc) is 2.56. The van der Waals surface area contributed by atoms with Crippen LogP contribution in [0.5, 0.6) is 0 Å². The Labute approximate surface area is 154 Å². The maximum Gasteiger partial charge on any atom is 0.237 e. The number of hydrogen-bond donors (Lipinski definition) is 2. The van der Waals surface area contributed by atoms with Gasteiger partial charge in [-0.15, -0.1) is 12.4 Å². The molecule has 0 aromatic heterocycles. The number of nitrogens with zero attached hydrogens (tertiary/aromatic N) is 1. The Morgan fingerprint density at radius 2 is 2.00 bits per heavy atom. The summed E-state index contributed by atoms with van der Waals surface area (Å²) in [6.45, 7) is 2.69. The maximum atomic E-state index is 12.9. The van der Waals surface area contributed by atoms with Crippen LogP contribution in [0, 0.1) is 5.82 Å². The van der Waals surface area contributed by atoms with Crippen molar-refractivity contribution in [2.75, 3.05) is 25.1 Å². The number of piperidine rings is 1. The van der Waals surface area contributed by atoms with Crippen molar-refractivity contribution in [2.24, 2.45) is 5.73 Å². The van der Waals surface area contributed by atoms with E-state index < -0.39 is 6.04 Å². The van der Waals surface area contributed by atoms with Crippen LogP contribution in [-0.2, 0) is 11.3 Å². The van der Waals surface area contributed by atoms with E-state index in [0.29, 0.717) is 0 Å². The van der Waals surface area contributed by atoms with Crippen molar-refractivity contribution in [2.45, 2.75) is 37.9 Å². The zero-order valence-electron chi connectivity index (χ0n) is 14.0. The lowest BCUT2D eigenvalue weighted by Gasteiger charge is -2.32. The third-order valence-electron chi connectivity index (χ3n) is 4.22. The first-order valence-electron chi connectivity index (χ1n) is 8.10. The highest BCUT2D eigenvalue weighted by molar-refractivity contribution is 7.98. The summed E-state index contributed by atoms with van der Waals surface area (Å²) in [6, 6.07) is 6.46. The van der Waals surface area contributed by atoms with Gasteiger partial charge in [-0.05, 0) is 49.0 Å². The van der Waals surface area contributed by atoms with Gasteiger partial charge in [0.25, 0.3) is 0 Å². The Morgan fingerprint density at radius 1 is 1.38 bits per heavy atom. The fourth-order valence-electron chi connectivity index (χ4n) is 2.77. The molecule has 1 aromatic carbocycles. The molecule has 1 fully saturated rings. The number of halogens is 2. The molecule has 0 saturated carbocycles. The molecule has 24 heavy (non-hydrogen) atoms. The summed E-state index contributed by atoms with van der Waals surface area (Å²) in [6.07, 6.45) is 4.60. The SMILES string of the molecule is CSCC[C@H](N)C(=O)NC1CCN(Cc2ccc(F)cc2)CC1.Cl. The van der Waals surface area contributed by atoms with E-state index >= 15 is 0 Å². The van der Waals surface area contributed by atoms with Gasteiger partial charge in [0.05, 0.1) is 6.04 Å². The van der Waals surface area contributed by atoms with Crippen molar-refractivity contribution in [1.29, 1.82) is 0 Å². The second kappa shape index (κ2) is 10.9. The van der Waals surface area contributed by atoms with E-state index in [1.807, 2.05) is 18.4 Å². The number of carbonyl (C=O) groups excluding carboxylic acids is 1. The molecule has 1 saturated heterocycles. The number of nitrogens with one attached hydrogen (secondary N) is 1. The van der Waals surface area contributed by atoms with E-state index in [2.05, 4.69) is 10.2 Å². The summed E-state index contributed by atoms with van der Waals surface area (Å²) in [5, 5.41) is 3.07. The van der Waals surface area contributed by atoms with E-state index in [-0.39, 0.29) is 30.2 Å². The fraction of sp³-hybridized carbons (Fsp3) is 0.588. The number of nitrogens with two attached hydrogens (primary N) is 1. The summed E-state index contributed by atoms with van der Waals surface area (Å²) in [4.78, 5) is 14.4. The van der Waals surface area contributed by atoms with Crippen LogP contribution in [-0.4, -0.2) is 48.0 Å². The molecular formula is C17H27ClFN3OS.